The highest BCUT2D eigenvalue weighted by Gasteiger charge is 2.27. The quantitative estimate of drug-likeness (QED) is 0.0797. The number of nitrogens with zero attached hydrogens (tertiary/aromatic N) is 10. The standard InChI is InChI=1S/C34H35ClN6O4.C30H32ClN5O4.CH4/c1-24(2)45-31-6-4-3-5-30(31)41-32(37-29-12-7-25(19-28(29)34(41)43)20-39-14-13-36-23-39)21-38-15-17-40(18-16-38)33(42)22-44-27-10-8-26(35)9-11-27;1-20(2)40-27-6-4-3-5-26(27)36-28(33-25-12-9-22(32)17-24(25)30(36)38)18-34-13-15-35(16-14-34)29(37)19-39-23-10-7-21(31)8-11-23;/h3-14,19,23-24H,15-18,20-22H2,1-2H3;3-12,17,20H,13-16,18-19,32H2,1-2H3;1H4. The lowest BCUT2D eigenvalue weighted by Crippen LogP contribution is -2.50. The third kappa shape index (κ3) is 15.4. The second-order valence-corrected chi connectivity index (χ2v) is 22.1. The fourth-order valence-electron chi connectivity index (χ4n) is 10.2. The molecule has 2 fully saturated rings. The number of fused-ring (bicyclic) bond motifs is 2. The molecule has 2 aliphatic rings. The van der Waals surface area contributed by atoms with Crippen LogP contribution in [0.25, 0.3) is 33.2 Å². The lowest BCUT2D eigenvalue weighted by Gasteiger charge is -2.34. The molecule has 0 aliphatic carbocycles. The number of rotatable bonds is 18. The third-order valence-corrected chi connectivity index (χ3v) is 14.9. The Bertz CT molecular complexity index is 3900. The molecule has 2 amide bonds. The molecule has 0 spiro atoms. The topological polar surface area (TPSA) is 198 Å². The zero-order valence-corrected chi connectivity index (χ0v) is 49.4. The summed E-state index contributed by atoms with van der Waals surface area (Å²) in [5, 5.41) is 2.20. The average Bonchev–Trinajstić information content (AvgIpc) is 1.03. The molecule has 0 saturated carbocycles. The van der Waals surface area contributed by atoms with Gasteiger partial charge in [0.25, 0.3) is 22.9 Å². The molecule has 19 nitrogen and oxygen atoms in total. The van der Waals surface area contributed by atoms with E-state index in [9.17, 15) is 19.2 Å². The first kappa shape index (κ1) is 61.8. The molecule has 3 aromatic heterocycles. The van der Waals surface area contributed by atoms with Gasteiger partial charge in [-0.25, -0.2) is 15.0 Å². The van der Waals surface area contributed by atoms with E-state index in [1.807, 2.05) is 105 Å². The summed E-state index contributed by atoms with van der Waals surface area (Å²) >= 11 is 11.9. The molecule has 21 heteroatoms. The van der Waals surface area contributed by atoms with E-state index in [1.54, 1.807) is 98.2 Å². The summed E-state index contributed by atoms with van der Waals surface area (Å²) in [6.45, 7) is 13.9. The molecule has 0 unspecified atom stereocenters. The molecule has 6 aromatic carbocycles. The molecule has 86 heavy (non-hydrogen) atoms. The Morgan fingerprint density at radius 2 is 1.00 bits per heavy atom. The minimum Gasteiger partial charge on any atom is -0.489 e. The zero-order chi connectivity index (χ0) is 59.6. The van der Waals surface area contributed by atoms with Crippen molar-refractivity contribution in [3.05, 3.63) is 200 Å². The summed E-state index contributed by atoms with van der Waals surface area (Å²) in [5.41, 5.74) is 9.61. The van der Waals surface area contributed by atoms with Gasteiger partial charge in [-0.15, -0.1) is 0 Å². The van der Waals surface area contributed by atoms with Crippen molar-refractivity contribution < 1.29 is 28.5 Å². The number of amides is 2. The van der Waals surface area contributed by atoms with Gasteiger partial charge in [0.05, 0.1) is 64.8 Å². The van der Waals surface area contributed by atoms with Gasteiger partial charge in [-0.05, 0) is 136 Å². The number of anilines is 1. The number of para-hydroxylation sites is 4. The number of ether oxygens (including phenoxy) is 4. The molecular weight excluding hydrogens is 1130 g/mol. The molecule has 2 aliphatic heterocycles. The van der Waals surface area contributed by atoms with Crippen molar-refractivity contribution in [2.24, 2.45) is 0 Å². The van der Waals surface area contributed by atoms with E-state index < -0.39 is 0 Å². The lowest BCUT2D eigenvalue weighted by atomic mass is 10.1. The number of piperazine rings is 2. The smallest absolute Gasteiger partial charge is 0.266 e. The summed E-state index contributed by atoms with van der Waals surface area (Å²) < 4.78 is 28.7. The number of benzene rings is 6. The molecule has 0 radical (unpaired) electrons. The Hall–Kier alpha value is -8.75. The van der Waals surface area contributed by atoms with Gasteiger partial charge in [-0.2, -0.15) is 0 Å². The maximum atomic E-state index is 14.3. The van der Waals surface area contributed by atoms with Gasteiger partial charge >= 0.3 is 0 Å². The molecule has 9 aromatic rings. The van der Waals surface area contributed by atoms with Crippen LogP contribution < -0.4 is 35.8 Å². The zero-order valence-electron chi connectivity index (χ0n) is 47.9. The van der Waals surface area contributed by atoms with Gasteiger partial charge in [0.2, 0.25) is 0 Å². The molecule has 448 valence electrons. The number of halogens is 2. The minimum atomic E-state index is -0.208. The van der Waals surface area contributed by atoms with Gasteiger partial charge in [0, 0.05) is 87.0 Å². The van der Waals surface area contributed by atoms with Crippen molar-refractivity contribution in [3.8, 4) is 34.4 Å². The normalized spacial score (nSPS) is 13.8. The first-order chi connectivity index (χ1) is 41.1. The van der Waals surface area contributed by atoms with Crippen LogP contribution in [0.4, 0.5) is 5.69 Å². The van der Waals surface area contributed by atoms with Crippen molar-refractivity contribution >= 4 is 62.5 Å². The van der Waals surface area contributed by atoms with Crippen LogP contribution in [0.3, 0.4) is 0 Å². The van der Waals surface area contributed by atoms with Crippen molar-refractivity contribution in [1.82, 2.24) is 48.3 Å². The van der Waals surface area contributed by atoms with E-state index in [2.05, 4.69) is 14.8 Å². The summed E-state index contributed by atoms with van der Waals surface area (Å²) in [6, 6.07) is 39.9. The van der Waals surface area contributed by atoms with Crippen molar-refractivity contribution in [1.29, 1.82) is 0 Å². The summed E-state index contributed by atoms with van der Waals surface area (Å²) in [7, 11) is 0. The number of aromatic nitrogens is 6. The highest BCUT2D eigenvalue weighted by atomic mass is 35.5. The van der Waals surface area contributed by atoms with E-state index >= 15 is 0 Å². The van der Waals surface area contributed by atoms with E-state index in [1.165, 1.54) is 0 Å². The predicted molar refractivity (Wildman–Crippen MR) is 336 cm³/mol. The van der Waals surface area contributed by atoms with Crippen LogP contribution in [0.5, 0.6) is 23.0 Å². The first-order valence-electron chi connectivity index (χ1n) is 28.2. The number of hydrogen-bond acceptors (Lipinski definition) is 14. The highest BCUT2D eigenvalue weighted by molar-refractivity contribution is 6.30. The average molecular weight is 1210 g/mol. The molecule has 0 bridgehead atoms. The fourth-order valence-corrected chi connectivity index (χ4v) is 10.4. The van der Waals surface area contributed by atoms with Gasteiger partial charge in [0.1, 0.15) is 34.6 Å². The van der Waals surface area contributed by atoms with Gasteiger partial charge in [0.15, 0.2) is 13.2 Å². The van der Waals surface area contributed by atoms with Crippen molar-refractivity contribution in [2.45, 2.75) is 67.0 Å². The van der Waals surface area contributed by atoms with Crippen LogP contribution in [0.2, 0.25) is 10.0 Å². The van der Waals surface area contributed by atoms with Crippen molar-refractivity contribution in [2.75, 3.05) is 71.3 Å². The molecule has 11 rings (SSSR count). The Labute approximate surface area is 509 Å². The summed E-state index contributed by atoms with van der Waals surface area (Å²) in [5.74, 6) is 3.46. The number of hydrogen-bond donors (Lipinski definition) is 1. The van der Waals surface area contributed by atoms with E-state index in [-0.39, 0.29) is 55.8 Å². The second kappa shape index (κ2) is 28.4. The molecule has 5 heterocycles. The van der Waals surface area contributed by atoms with Crippen LogP contribution in [0.15, 0.2) is 162 Å². The van der Waals surface area contributed by atoms with Gasteiger partial charge in [-0.1, -0.05) is 61.0 Å². The minimum absolute atomic E-state index is 0. The fraction of sp³-hybridized carbons (Fsp3) is 0.308. The van der Waals surface area contributed by atoms with Crippen LogP contribution >= 0.6 is 23.2 Å². The Kier molecular flexibility index (Phi) is 20.4. The van der Waals surface area contributed by atoms with Crippen LogP contribution in [0, 0.1) is 0 Å². The lowest BCUT2D eigenvalue weighted by molar-refractivity contribution is -0.135. The van der Waals surface area contributed by atoms with E-state index in [0.717, 1.165) is 5.56 Å². The van der Waals surface area contributed by atoms with Gasteiger partial charge < -0.3 is 39.0 Å². The molecular formula is C65H71Cl2N11O8. The number of imidazole rings is 1. The highest BCUT2D eigenvalue weighted by Crippen LogP contribution is 2.28. The number of nitrogens with two attached hydrogens (primary N) is 1. The maximum Gasteiger partial charge on any atom is 0.266 e. The van der Waals surface area contributed by atoms with Crippen LogP contribution in [0.1, 0.15) is 52.3 Å². The van der Waals surface area contributed by atoms with Crippen LogP contribution in [-0.4, -0.2) is 138 Å². The largest absolute Gasteiger partial charge is 0.489 e. The Morgan fingerprint density at radius 3 is 1.44 bits per heavy atom. The van der Waals surface area contributed by atoms with Gasteiger partial charge in [-0.3, -0.25) is 38.1 Å². The summed E-state index contributed by atoms with van der Waals surface area (Å²) in [4.78, 5) is 75.8. The third-order valence-electron chi connectivity index (χ3n) is 14.4. The number of carbonyl (C=O) groups excluding carboxylic acids is 2. The summed E-state index contributed by atoms with van der Waals surface area (Å²) in [6.07, 6.45) is 5.24. The van der Waals surface area contributed by atoms with E-state index in [0.29, 0.717) is 156 Å². The monoisotopic (exact) mass is 1200 g/mol. The first-order valence-corrected chi connectivity index (χ1v) is 29.0. The molecule has 2 N–H and O–H groups in total. The molecule has 2 saturated heterocycles. The van der Waals surface area contributed by atoms with E-state index in [4.69, 9.17) is 57.9 Å². The van der Waals surface area contributed by atoms with Crippen LogP contribution in [-0.2, 0) is 29.2 Å². The second-order valence-electron chi connectivity index (χ2n) is 21.3. The number of carbonyl (C=O) groups is 2. The maximum absolute atomic E-state index is 14.3. The SMILES string of the molecule is C.CC(C)Oc1ccccc1-n1c(CN2CCN(C(=O)COc3ccc(Cl)cc3)CC2)nc2ccc(Cn3ccnc3)cc2c1=O.CC(C)Oc1ccccc1-n1c(CN2CCN(C(=O)COc3ccc(Cl)cc3)CC2)nc2ccc(N)cc2c1=O. The Morgan fingerprint density at radius 1 is 0.558 bits per heavy atom. The predicted octanol–water partition coefficient (Wildman–Crippen LogP) is 9.56. The number of nitrogen functional groups attached to an aromatic ring is 1. The Balaban J connectivity index is 0.000000205. The van der Waals surface area contributed by atoms with Crippen molar-refractivity contribution in [3.63, 3.8) is 0 Å². The molecule has 0 atom stereocenters.